The molecule has 0 spiro atoms. The molecule has 184 valence electrons. The molecule has 0 aliphatic heterocycles. The normalized spacial score (nSPS) is 11.4. The summed E-state index contributed by atoms with van der Waals surface area (Å²) in [5, 5.41) is 12.0. The molecule has 36 heavy (non-hydrogen) atoms. The molecule has 1 amide bonds. The van der Waals surface area contributed by atoms with Crippen LogP contribution in [0, 0.1) is 11.3 Å². The lowest BCUT2D eigenvalue weighted by Crippen LogP contribution is -2.13. The largest absolute Gasteiger partial charge is 0.465 e. The Morgan fingerprint density at radius 1 is 0.972 bits per heavy atom. The standard InChI is InChI=1S/C24H15Cl3N2O6S/c1-34-24(31)15-2-6-18(7-3-15)29-23(30)16(13-28)10-14-11-20(26)22(21(27)12-14)35-36(32,33)19-8-4-17(25)5-9-19/h2-12H,1H3,(H,29,30)/b16-10+. The lowest BCUT2D eigenvalue weighted by Gasteiger charge is -2.11. The van der Waals surface area contributed by atoms with Crippen molar-refractivity contribution < 1.29 is 26.9 Å². The third-order valence-electron chi connectivity index (χ3n) is 4.56. The number of hydrogen-bond donors (Lipinski definition) is 1. The minimum absolute atomic E-state index is 0.161. The Bertz CT molecular complexity index is 1470. The Balaban J connectivity index is 1.81. The number of ether oxygens (including phenoxy) is 1. The highest BCUT2D eigenvalue weighted by molar-refractivity contribution is 7.87. The highest BCUT2D eigenvalue weighted by Gasteiger charge is 2.21. The van der Waals surface area contributed by atoms with E-state index in [2.05, 4.69) is 10.1 Å². The molecular formula is C24H15Cl3N2O6S. The van der Waals surface area contributed by atoms with Crippen LogP contribution in [0.5, 0.6) is 5.75 Å². The van der Waals surface area contributed by atoms with Crippen molar-refractivity contribution in [2.24, 2.45) is 0 Å². The van der Waals surface area contributed by atoms with Crippen LogP contribution in [0.15, 0.2) is 71.1 Å². The number of carbonyl (C=O) groups excluding carboxylic acids is 2. The van der Waals surface area contributed by atoms with Gasteiger partial charge in [-0.1, -0.05) is 34.8 Å². The molecule has 3 aromatic carbocycles. The zero-order valence-corrected chi connectivity index (χ0v) is 21.4. The molecule has 1 N–H and O–H groups in total. The number of nitrogens with zero attached hydrogens (tertiary/aromatic N) is 1. The fraction of sp³-hybridized carbons (Fsp3) is 0.0417. The minimum atomic E-state index is -4.26. The van der Waals surface area contributed by atoms with E-state index in [9.17, 15) is 23.3 Å². The number of nitrogens with one attached hydrogen (secondary N) is 1. The smallest absolute Gasteiger partial charge is 0.339 e. The van der Waals surface area contributed by atoms with Crippen LogP contribution in [-0.2, 0) is 19.6 Å². The molecule has 8 nitrogen and oxygen atoms in total. The molecule has 0 aromatic heterocycles. The lowest BCUT2D eigenvalue weighted by molar-refractivity contribution is -0.112. The summed E-state index contributed by atoms with van der Waals surface area (Å²) in [7, 11) is -3.01. The average molecular weight is 566 g/mol. The number of benzene rings is 3. The first-order valence-electron chi connectivity index (χ1n) is 9.84. The van der Waals surface area contributed by atoms with Gasteiger partial charge in [-0.05, 0) is 72.3 Å². The SMILES string of the molecule is COC(=O)c1ccc(NC(=O)/C(C#N)=C/c2cc(Cl)c(OS(=O)(=O)c3ccc(Cl)cc3)c(Cl)c2)cc1. The fourth-order valence-electron chi connectivity index (χ4n) is 2.82. The molecule has 3 aromatic rings. The topological polar surface area (TPSA) is 123 Å². The van der Waals surface area contributed by atoms with Crippen LogP contribution < -0.4 is 9.50 Å². The molecule has 0 heterocycles. The van der Waals surface area contributed by atoms with E-state index in [1.807, 2.05) is 0 Å². The summed E-state index contributed by atoms with van der Waals surface area (Å²) in [4.78, 5) is 23.9. The minimum Gasteiger partial charge on any atom is -0.465 e. The van der Waals surface area contributed by atoms with Crippen LogP contribution in [0.1, 0.15) is 15.9 Å². The predicted octanol–water partition coefficient (Wildman–Crippen LogP) is 5.75. The number of esters is 1. The Morgan fingerprint density at radius 2 is 1.56 bits per heavy atom. The molecule has 0 unspecified atom stereocenters. The van der Waals surface area contributed by atoms with Gasteiger partial charge in [0.05, 0.1) is 22.7 Å². The summed E-state index contributed by atoms with van der Waals surface area (Å²) in [6.45, 7) is 0. The first-order chi connectivity index (χ1) is 17.0. The number of halogens is 3. The Labute approximate surface area is 221 Å². The number of anilines is 1. The van der Waals surface area contributed by atoms with Crippen molar-refractivity contribution in [2.45, 2.75) is 4.90 Å². The van der Waals surface area contributed by atoms with Crippen molar-refractivity contribution in [1.82, 2.24) is 0 Å². The fourth-order valence-corrected chi connectivity index (χ4v) is 4.59. The van der Waals surface area contributed by atoms with Crippen molar-refractivity contribution in [1.29, 1.82) is 5.26 Å². The Hall–Kier alpha value is -3.55. The second-order valence-electron chi connectivity index (χ2n) is 7.00. The number of amides is 1. The molecule has 0 fully saturated rings. The highest BCUT2D eigenvalue weighted by atomic mass is 35.5. The second kappa shape index (κ2) is 11.5. The summed E-state index contributed by atoms with van der Waals surface area (Å²) < 4.78 is 34.8. The molecule has 0 saturated heterocycles. The first kappa shape index (κ1) is 27.0. The van der Waals surface area contributed by atoms with Gasteiger partial charge in [-0.3, -0.25) is 4.79 Å². The van der Waals surface area contributed by atoms with E-state index >= 15 is 0 Å². The van der Waals surface area contributed by atoms with Gasteiger partial charge in [-0.25, -0.2) is 4.79 Å². The van der Waals surface area contributed by atoms with Crippen molar-refractivity contribution >= 4 is 68.6 Å². The highest BCUT2D eigenvalue weighted by Crippen LogP contribution is 2.37. The van der Waals surface area contributed by atoms with E-state index in [0.29, 0.717) is 10.7 Å². The number of hydrogen-bond acceptors (Lipinski definition) is 7. The van der Waals surface area contributed by atoms with Crippen LogP contribution in [-0.4, -0.2) is 27.4 Å². The molecule has 0 aliphatic carbocycles. The Morgan fingerprint density at radius 3 is 2.08 bits per heavy atom. The summed E-state index contributed by atoms with van der Waals surface area (Å²) >= 11 is 18.2. The summed E-state index contributed by atoms with van der Waals surface area (Å²) in [6, 6.07) is 15.5. The maximum atomic E-state index is 12.6. The second-order valence-corrected chi connectivity index (χ2v) is 9.80. The molecule has 0 aliphatic rings. The van der Waals surface area contributed by atoms with Gasteiger partial charge in [-0.15, -0.1) is 0 Å². The molecule has 0 atom stereocenters. The molecular weight excluding hydrogens is 551 g/mol. The van der Waals surface area contributed by atoms with Crippen molar-refractivity contribution in [3.63, 3.8) is 0 Å². The van der Waals surface area contributed by atoms with E-state index in [0.717, 1.165) is 0 Å². The van der Waals surface area contributed by atoms with Crippen molar-refractivity contribution in [3.05, 3.63) is 92.4 Å². The third kappa shape index (κ3) is 6.56. The summed E-state index contributed by atoms with van der Waals surface area (Å²) in [6.07, 6.45) is 1.22. The quantitative estimate of drug-likeness (QED) is 0.168. The van der Waals surface area contributed by atoms with Gasteiger partial charge in [0.2, 0.25) is 0 Å². The molecule has 0 bridgehead atoms. The van der Waals surface area contributed by atoms with E-state index in [-0.39, 0.29) is 37.4 Å². The molecule has 3 rings (SSSR count). The Kier molecular flexibility index (Phi) is 8.61. The van der Waals surface area contributed by atoms with E-state index in [4.69, 9.17) is 39.0 Å². The van der Waals surface area contributed by atoms with Crippen LogP contribution >= 0.6 is 34.8 Å². The van der Waals surface area contributed by atoms with Gasteiger partial charge in [0, 0.05) is 10.7 Å². The van der Waals surface area contributed by atoms with Crippen LogP contribution in [0.4, 0.5) is 5.69 Å². The number of methoxy groups -OCH3 is 1. The van der Waals surface area contributed by atoms with Crippen LogP contribution in [0.3, 0.4) is 0 Å². The van der Waals surface area contributed by atoms with E-state index in [1.54, 1.807) is 6.07 Å². The lowest BCUT2D eigenvalue weighted by atomic mass is 10.1. The third-order valence-corrected chi connectivity index (χ3v) is 6.60. The van der Waals surface area contributed by atoms with Crippen LogP contribution in [0.2, 0.25) is 15.1 Å². The van der Waals surface area contributed by atoms with E-state index < -0.39 is 22.0 Å². The van der Waals surface area contributed by atoms with Crippen molar-refractivity contribution in [3.8, 4) is 11.8 Å². The zero-order valence-electron chi connectivity index (χ0n) is 18.3. The van der Waals surface area contributed by atoms with Gasteiger partial charge in [-0.2, -0.15) is 13.7 Å². The van der Waals surface area contributed by atoms with Crippen LogP contribution in [0.25, 0.3) is 6.08 Å². The molecule has 0 radical (unpaired) electrons. The molecule has 12 heteroatoms. The van der Waals surface area contributed by atoms with Gasteiger partial charge in [0.25, 0.3) is 5.91 Å². The summed E-state index contributed by atoms with van der Waals surface area (Å²) in [5.74, 6) is -1.59. The number of carbonyl (C=O) groups is 2. The van der Waals surface area contributed by atoms with Gasteiger partial charge < -0.3 is 14.2 Å². The average Bonchev–Trinajstić information content (AvgIpc) is 2.85. The zero-order chi connectivity index (χ0) is 26.5. The number of rotatable bonds is 7. The predicted molar refractivity (Wildman–Crippen MR) is 136 cm³/mol. The monoisotopic (exact) mass is 564 g/mol. The van der Waals surface area contributed by atoms with Crippen molar-refractivity contribution in [2.75, 3.05) is 12.4 Å². The first-order valence-corrected chi connectivity index (χ1v) is 12.4. The maximum absolute atomic E-state index is 12.6. The van der Waals surface area contributed by atoms with Gasteiger partial charge in [0.1, 0.15) is 16.5 Å². The number of nitriles is 1. The van der Waals surface area contributed by atoms with E-state index in [1.165, 1.54) is 73.8 Å². The van der Waals surface area contributed by atoms with Gasteiger partial charge >= 0.3 is 16.1 Å². The maximum Gasteiger partial charge on any atom is 0.339 e. The van der Waals surface area contributed by atoms with Gasteiger partial charge in [0.15, 0.2) is 5.75 Å². The summed E-state index contributed by atoms with van der Waals surface area (Å²) in [5.41, 5.74) is 0.577. The molecule has 0 saturated carbocycles.